The van der Waals surface area contributed by atoms with Gasteiger partial charge in [-0.15, -0.1) is 24.0 Å². The van der Waals surface area contributed by atoms with Crippen molar-refractivity contribution < 1.29 is 9.21 Å². The number of halogens is 1. The maximum atomic E-state index is 11.5. The molecule has 0 spiro atoms. The van der Waals surface area contributed by atoms with Crippen LogP contribution in [0.4, 0.5) is 0 Å². The highest BCUT2D eigenvalue weighted by atomic mass is 127. The van der Waals surface area contributed by atoms with Crippen molar-refractivity contribution in [3.63, 3.8) is 0 Å². The van der Waals surface area contributed by atoms with E-state index < -0.39 is 0 Å². The van der Waals surface area contributed by atoms with Crippen LogP contribution in [0.5, 0.6) is 0 Å². The van der Waals surface area contributed by atoms with Gasteiger partial charge in [0.05, 0.1) is 6.26 Å². The van der Waals surface area contributed by atoms with Gasteiger partial charge in [0.1, 0.15) is 0 Å². The zero-order chi connectivity index (χ0) is 13.4. The van der Waals surface area contributed by atoms with Crippen molar-refractivity contribution in [1.29, 1.82) is 0 Å². The van der Waals surface area contributed by atoms with Gasteiger partial charge in [0, 0.05) is 26.2 Å². The number of hydrogen-bond acceptors (Lipinski definition) is 3. The summed E-state index contributed by atoms with van der Waals surface area (Å²) in [4.78, 5) is 15.6. The van der Waals surface area contributed by atoms with Crippen molar-refractivity contribution in [2.75, 3.05) is 20.1 Å². The first-order chi connectivity index (χ1) is 8.63. The van der Waals surface area contributed by atoms with E-state index in [1.165, 1.54) is 6.26 Å². The number of guanidine groups is 1. The first-order valence-corrected chi connectivity index (χ1v) is 5.92. The van der Waals surface area contributed by atoms with E-state index in [9.17, 15) is 4.79 Å². The van der Waals surface area contributed by atoms with Crippen LogP contribution in [0.3, 0.4) is 0 Å². The van der Waals surface area contributed by atoms with Gasteiger partial charge in [-0.1, -0.05) is 0 Å². The Bertz CT molecular complexity index is 390. The monoisotopic (exact) mass is 380 g/mol. The molecule has 0 radical (unpaired) electrons. The fourth-order valence-electron chi connectivity index (χ4n) is 1.32. The second-order valence-electron chi connectivity index (χ2n) is 4.03. The summed E-state index contributed by atoms with van der Waals surface area (Å²) < 4.78 is 4.98. The summed E-state index contributed by atoms with van der Waals surface area (Å²) >= 11 is 0. The van der Waals surface area contributed by atoms with Gasteiger partial charge in [-0.05, 0) is 26.0 Å². The van der Waals surface area contributed by atoms with Crippen molar-refractivity contribution in [2.45, 2.75) is 19.9 Å². The van der Waals surface area contributed by atoms with Crippen LogP contribution in [0.2, 0.25) is 0 Å². The zero-order valence-electron chi connectivity index (χ0n) is 11.4. The van der Waals surface area contributed by atoms with Crippen LogP contribution in [0.15, 0.2) is 27.8 Å². The van der Waals surface area contributed by atoms with Crippen molar-refractivity contribution in [2.24, 2.45) is 4.99 Å². The average molecular weight is 380 g/mol. The van der Waals surface area contributed by atoms with E-state index >= 15 is 0 Å². The molecule has 0 bridgehead atoms. The minimum Gasteiger partial charge on any atom is -0.459 e. The number of hydrogen-bond donors (Lipinski definition) is 3. The summed E-state index contributed by atoms with van der Waals surface area (Å²) in [7, 11) is 1.71. The Balaban J connectivity index is 0.00000324. The normalized spacial score (nSPS) is 10.8. The third-order valence-corrected chi connectivity index (χ3v) is 2.10. The Morgan fingerprint density at radius 2 is 2.05 bits per heavy atom. The Kier molecular flexibility index (Phi) is 9.02. The molecule has 0 unspecified atom stereocenters. The number of nitrogens with one attached hydrogen (secondary N) is 3. The molecular weight excluding hydrogens is 359 g/mol. The molecule has 0 aromatic carbocycles. The molecular formula is C12H21IN4O2. The molecule has 0 aliphatic rings. The van der Waals surface area contributed by atoms with Crippen LogP contribution in [0.25, 0.3) is 0 Å². The lowest BCUT2D eigenvalue weighted by Gasteiger charge is -2.14. The van der Waals surface area contributed by atoms with E-state index in [2.05, 4.69) is 20.9 Å². The van der Waals surface area contributed by atoms with Crippen LogP contribution < -0.4 is 16.0 Å². The van der Waals surface area contributed by atoms with Crippen LogP contribution in [-0.4, -0.2) is 38.0 Å². The van der Waals surface area contributed by atoms with Crippen LogP contribution in [0, 0.1) is 0 Å². The lowest BCUT2D eigenvalue weighted by Crippen LogP contribution is -2.43. The summed E-state index contributed by atoms with van der Waals surface area (Å²) in [6.45, 7) is 5.16. The molecule has 0 saturated heterocycles. The van der Waals surface area contributed by atoms with Gasteiger partial charge >= 0.3 is 0 Å². The number of aliphatic imine (C=N–C) groups is 1. The Morgan fingerprint density at radius 1 is 1.37 bits per heavy atom. The minimum absolute atomic E-state index is 0. The molecule has 7 heteroatoms. The minimum atomic E-state index is -0.214. The van der Waals surface area contributed by atoms with Gasteiger partial charge in [-0.2, -0.15) is 0 Å². The van der Waals surface area contributed by atoms with E-state index in [4.69, 9.17) is 4.42 Å². The quantitative estimate of drug-likeness (QED) is 0.311. The summed E-state index contributed by atoms with van der Waals surface area (Å²) in [5.74, 6) is 0.825. The Morgan fingerprint density at radius 3 is 2.58 bits per heavy atom. The standard InChI is InChI=1S/C12H20N4O2.HI/c1-9(2)16-12(13-3)15-7-6-14-11(17)10-5-4-8-18-10;/h4-5,8-9H,6-7H2,1-3H3,(H,14,17)(H2,13,15,16);1H. The smallest absolute Gasteiger partial charge is 0.287 e. The zero-order valence-corrected chi connectivity index (χ0v) is 13.7. The van der Waals surface area contributed by atoms with Crippen molar-refractivity contribution in [3.8, 4) is 0 Å². The number of carbonyl (C=O) groups excluding carboxylic acids is 1. The predicted molar refractivity (Wildman–Crippen MR) is 86.1 cm³/mol. The van der Waals surface area contributed by atoms with Crippen molar-refractivity contribution in [3.05, 3.63) is 24.2 Å². The summed E-state index contributed by atoms with van der Waals surface area (Å²) in [6.07, 6.45) is 1.47. The van der Waals surface area contributed by atoms with Gasteiger partial charge in [0.25, 0.3) is 5.91 Å². The molecule has 108 valence electrons. The van der Waals surface area contributed by atoms with Gasteiger partial charge < -0.3 is 20.4 Å². The molecule has 1 aromatic rings. The van der Waals surface area contributed by atoms with E-state index in [1.807, 2.05) is 13.8 Å². The molecule has 0 aliphatic heterocycles. The molecule has 1 aromatic heterocycles. The third kappa shape index (κ3) is 7.04. The molecule has 6 nitrogen and oxygen atoms in total. The highest BCUT2D eigenvalue weighted by Gasteiger charge is 2.06. The van der Waals surface area contributed by atoms with Gasteiger partial charge in [0.15, 0.2) is 11.7 Å². The first kappa shape index (κ1) is 17.8. The number of amides is 1. The van der Waals surface area contributed by atoms with E-state index in [0.717, 1.165) is 5.96 Å². The molecule has 19 heavy (non-hydrogen) atoms. The first-order valence-electron chi connectivity index (χ1n) is 5.92. The molecule has 0 fully saturated rings. The van der Waals surface area contributed by atoms with E-state index in [1.54, 1.807) is 19.2 Å². The molecule has 0 aliphatic carbocycles. The van der Waals surface area contributed by atoms with Crippen molar-refractivity contribution in [1.82, 2.24) is 16.0 Å². The molecule has 1 amide bonds. The second kappa shape index (κ2) is 9.65. The van der Waals surface area contributed by atoms with Crippen LogP contribution in [0.1, 0.15) is 24.4 Å². The largest absolute Gasteiger partial charge is 0.459 e. The summed E-state index contributed by atoms with van der Waals surface area (Å²) in [5.41, 5.74) is 0. The second-order valence-corrected chi connectivity index (χ2v) is 4.03. The van der Waals surface area contributed by atoms with Gasteiger partial charge in [-0.25, -0.2) is 0 Å². The fraction of sp³-hybridized carbons (Fsp3) is 0.500. The topological polar surface area (TPSA) is 78.7 Å². The molecule has 0 saturated carbocycles. The maximum Gasteiger partial charge on any atom is 0.287 e. The maximum absolute atomic E-state index is 11.5. The molecule has 0 atom stereocenters. The summed E-state index contributed by atoms with van der Waals surface area (Å²) in [6, 6.07) is 3.62. The predicted octanol–water partition coefficient (Wildman–Crippen LogP) is 1.20. The van der Waals surface area contributed by atoms with Crippen LogP contribution >= 0.6 is 24.0 Å². The number of carbonyl (C=O) groups is 1. The van der Waals surface area contributed by atoms with Crippen molar-refractivity contribution >= 4 is 35.8 Å². The Labute approximate surface area is 130 Å². The van der Waals surface area contributed by atoms with E-state index in [0.29, 0.717) is 24.9 Å². The summed E-state index contributed by atoms with van der Waals surface area (Å²) in [5, 5.41) is 8.99. The molecule has 3 N–H and O–H groups in total. The van der Waals surface area contributed by atoms with E-state index in [-0.39, 0.29) is 29.9 Å². The highest BCUT2D eigenvalue weighted by molar-refractivity contribution is 14.0. The Hall–Kier alpha value is -1.25. The van der Waals surface area contributed by atoms with Crippen LogP contribution in [-0.2, 0) is 0 Å². The molecule has 1 heterocycles. The lowest BCUT2D eigenvalue weighted by molar-refractivity contribution is 0.0926. The third-order valence-electron chi connectivity index (χ3n) is 2.10. The van der Waals surface area contributed by atoms with Gasteiger partial charge in [0.2, 0.25) is 0 Å². The highest BCUT2D eigenvalue weighted by Crippen LogP contribution is 1.98. The number of rotatable bonds is 5. The average Bonchev–Trinajstić information content (AvgIpc) is 2.86. The SMILES string of the molecule is CN=C(NCCNC(=O)c1ccco1)NC(C)C.I. The number of nitrogens with zero attached hydrogens (tertiary/aromatic N) is 1. The molecule has 1 rings (SSSR count). The van der Waals surface area contributed by atoms with Gasteiger partial charge in [-0.3, -0.25) is 9.79 Å². The lowest BCUT2D eigenvalue weighted by atomic mass is 10.4. The number of furan rings is 1. The fourth-order valence-corrected chi connectivity index (χ4v) is 1.32.